The first kappa shape index (κ1) is 19.5. The van der Waals surface area contributed by atoms with E-state index in [0.29, 0.717) is 22.9 Å². The van der Waals surface area contributed by atoms with Gasteiger partial charge in [-0.25, -0.2) is 0 Å². The first-order chi connectivity index (χ1) is 12.4. The van der Waals surface area contributed by atoms with Gasteiger partial charge in [0.05, 0.1) is 19.9 Å². The van der Waals surface area contributed by atoms with Crippen LogP contribution < -0.4 is 24.8 Å². The molecule has 0 fully saturated rings. The van der Waals surface area contributed by atoms with Crippen molar-refractivity contribution in [2.75, 3.05) is 26.1 Å². The van der Waals surface area contributed by atoms with Gasteiger partial charge in [0, 0.05) is 6.07 Å². The van der Waals surface area contributed by atoms with Crippen molar-refractivity contribution in [1.29, 1.82) is 0 Å². The molecule has 0 aliphatic carbocycles. The highest BCUT2D eigenvalue weighted by atomic mass is 32.1. The third-order valence-electron chi connectivity index (χ3n) is 3.61. The Morgan fingerprint density at radius 1 is 1.04 bits per heavy atom. The zero-order valence-corrected chi connectivity index (χ0v) is 16.0. The fourth-order valence-electron chi connectivity index (χ4n) is 2.23. The van der Waals surface area contributed by atoms with Gasteiger partial charge in [-0.2, -0.15) is 0 Å². The fraction of sp³-hybridized carbons (Fsp3) is 0.263. The SMILES string of the molecule is COc1ccc(OC)c(NC(=S)NC(=O)COc2cc(C)ccc2C)c1. The van der Waals surface area contributed by atoms with Crippen molar-refractivity contribution in [1.82, 2.24) is 5.32 Å². The number of amides is 1. The Hall–Kier alpha value is -2.80. The number of benzene rings is 2. The van der Waals surface area contributed by atoms with Gasteiger partial charge in [0.1, 0.15) is 17.2 Å². The summed E-state index contributed by atoms with van der Waals surface area (Å²) in [5, 5.41) is 5.65. The zero-order chi connectivity index (χ0) is 19.1. The highest BCUT2D eigenvalue weighted by molar-refractivity contribution is 7.80. The molecule has 1 amide bonds. The van der Waals surface area contributed by atoms with Crippen molar-refractivity contribution in [2.24, 2.45) is 0 Å². The number of hydrogen-bond donors (Lipinski definition) is 2. The summed E-state index contributed by atoms with van der Waals surface area (Å²) in [5.41, 5.74) is 2.62. The summed E-state index contributed by atoms with van der Waals surface area (Å²) >= 11 is 5.18. The number of ether oxygens (including phenoxy) is 3. The molecule has 6 nitrogen and oxygen atoms in total. The molecule has 0 aliphatic rings. The maximum atomic E-state index is 12.1. The Labute approximate surface area is 158 Å². The number of carbonyl (C=O) groups excluding carboxylic acids is 1. The fourth-order valence-corrected chi connectivity index (χ4v) is 2.46. The predicted molar refractivity (Wildman–Crippen MR) is 105 cm³/mol. The average Bonchev–Trinajstić information content (AvgIpc) is 2.62. The summed E-state index contributed by atoms with van der Waals surface area (Å²) in [6.07, 6.45) is 0. The summed E-state index contributed by atoms with van der Waals surface area (Å²) in [7, 11) is 3.11. The van der Waals surface area contributed by atoms with Gasteiger partial charge in [0.15, 0.2) is 11.7 Å². The Morgan fingerprint density at radius 2 is 1.81 bits per heavy atom. The second-order valence-electron chi connectivity index (χ2n) is 5.63. The van der Waals surface area contributed by atoms with Crippen LogP contribution >= 0.6 is 12.2 Å². The average molecular weight is 374 g/mol. The number of aryl methyl sites for hydroxylation is 2. The minimum atomic E-state index is -0.356. The Bertz CT molecular complexity index is 808. The molecule has 0 saturated carbocycles. The van der Waals surface area contributed by atoms with Crippen LogP contribution in [-0.4, -0.2) is 31.8 Å². The van der Waals surface area contributed by atoms with Gasteiger partial charge < -0.3 is 19.5 Å². The molecular formula is C19H22N2O4S. The van der Waals surface area contributed by atoms with Crippen LogP contribution in [-0.2, 0) is 4.79 Å². The van der Waals surface area contributed by atoms with Crippen LogP contribution in [0.2, 0.25) is 0 Å². The first-order valence-corrected chi connectivity index (χ1v) is 8.36. The molecule has 0 heterocycles. The molecule has 0 saturated heterocycles. The molecule has 0 bridgehead atoms. The largest absolute Gasteiger partial charge is 0.497 e. The lowest BCUT2D eigenvalue weighted by molar-refractivity contribution is -0.121. The van der Waals surface area contributed by atoms with E-state index in [1.807, 2.05) is 32.0 Å². The molecular weight excluding hydrogens is 352 g/mol. The van der Waals surface area contributed by atoms with Crippen molar-refractivity contribution >= 4 is 28.9 Å². The van der Waals surface area contributed by atoms with Crippen LogP contribution in [0.1, 0.15) is 11.1 Å². The number of rotatable bonds is 6. The first-order valence-electron chi connectivity index (χ1n) is 7.96. The molecule has 2 aromatic rings. The number of anilines is 1. The van der Waals surface area contributed by atoms with E-state index in [-0.39, 0.29) is 17.6 Å². The Balaban J connectivity index is 1.93. The van der Waals surface area contributed by atoms with Gasteiger partial charge in [-0.05, 0) is 55.4 Å². The maximum absolute atomic E-state index is 12.1. The van der Waals surface area contributed by atoms with Gasteiger partial charge >= 0.3 is 0 Å². The van der Waals surface area contributed by atoms with Crippen LogP contribution in [0.5, 0.6) is 17.2 Å². The van der Waals surface area contributed by atoms with E-state index in [1.165, 1.54) is 0 Å². The van der Waals surface area contributed by atoms with Gasteiger partial charge in [-0.15, -0.1) is 0 Å². The van der Waals surface area contributed by atoms with E-state index >= 15 is 0 Å². The quantitative estimate of drug-likeness (QED) is 0.757. The highest BCUT2D eigenvalue weighted by Crippen LogP contribution is 2.28. The molecule has 0 spiro atoms. The second-order valence-corrected chi connectivity index (χ2v) is 6.03. The van der Waals surface area contributed by atoms with Crippen LogP contribution in [0, 0.1) is 13.8 Å². The molecule has 2 N–H and O–H groups in total. The molecule has 2 rings (SSSR count). The number of methoxy groups -OCH3 is 2. The lowest BCUT2D eigenvalue weighted by atomic mass is 10.1. The maximum Gasteiger partial charge on any atom is 0.264 e. The van der Waals surface area contributed by atoms with Crippen molar-refractivity contribution < 1.29 is 19.0 Å². The second kappa shape index (κ2) is 9.05. The van der Waals surface area contributed by atoms with E-state index in [0.717, 1.165) is 11.1 Å². The molecule has 7 heteroatoms. The highest BCUT2D eigenvalue weighted by Gasteiger charge is 2.10. The van der Waals surface area contributed by atoms with Crippen molar-refractivity contribution in [3.8, 4) is 17.2 Å². The molecule has 26 heavy (non-hydrogen) atoms. The van der Waals surface area contributed by atoms with Crippen LogP contribution in [0.3, 0.4) is 0 Å². The minimum absolute atomic E-state index is 0.138. The van der Waals surface area contributed by atoms with Crippen LogP contribution in [0.4, 0.5) is 5.69 Å². The standard InChI is InChI=1S/C19H22N2O4S/c1-12-5-6-13(2)17(9-12)25-11-18(22)21-19(26)20-15-10-14(23-3)7-8-16(15)24-4/h5-10H,11H2,1-4H3,(H2,20,21,22,26). The third-order valence-corrected chi connectivity index (χ3v) is 3.81. The normalized spacial score (nSPS) is 10.0. The summed E-state index contributed by atoms with van der Waals surface area (Å²) in [6, 6.07) is 11.1. The van der Waals surface area contributed by atoms with E-state index in [2.05, 4.69) is 10.6 Å². The summed E-state index contributed by atoms with van der Waals surface area (Å²) in [6.45, 7) is 3.75. The van der Waals surface area contributed by atoms with E-state index in [4.69, 9.17) is 26.4 Å². The zero-order valence-electron chi connectivity index (χ0n) is 15.2. The van der Waals surface area contributed by atoms with Crippen molar-refractivity contribution in [3.63, 3.8) is 0 Å². The molecule has 0 aromatic heterocycles. The monoisotopic (exact) mass is 374 g/mol. The van der Waals surface area contributed by atoms with E-state index < -0.39 is 0 Å². The molecule has 0 radical (unpaired) electrons. The Morgan fingerprint density at radius 3 is 2.50 bits per heavy atom. The van der Waals surface area contributed by atoms with Crippen molar-refractivity contribution in [3.05, 3.63) is 47.5 Å². The Kier molecular flexibility index (Phi) is 6.80. The molecule has 0 aliphatic heterocycles. The topological polar surface area (TPSA) is 68.8 Å². The van der Waals surface area contributed by atoms with Crippen LogP contribution in [0.15, 0.2) is 36.4 Å². The lowest BCUT2D eigenvalue weighted by Crippen LogP contribution is -2.37. The smallest absolute Gasteiger partial charge is 0.264 e. The molecule has 0 atom stereocenters. The number of hydrogen-bond acceptors (Lipinski definition) is 5. The number of nitrogens with one attached hydrogen (secondary N) is 2. The number of carbonyl (C=O) groups is 1. The summed E-state index contributed by atoms with van der Waals surface area (Å²) in [4.78, 5) is 12.1. The van der Waals surface area contributed by atoms with Crippen molar-refractivity contribution in [2.45, 2.75) is 13.8 Å². The van der Waals surface area contributed by atoms with Gasteiger partial charge in [-0.3, -0.25) is 10.1 Å². The van der Waals surface area contributed by atoms with Gasteiger partial charge in [0.2, 0.25) is 0 Å². The summed E-state index contributed by atoms with van der Waals surface area (Å²) in [5.74, 6) is 1.54. The van der Waals surface area contributed by atoms with E-state index in [1.54, 1.807) is 32.4 Å². The summed E-state index contributed by atoms with van der Waals surface area (Å²) < 4.78 is 16.0. The van der Waals surface area contributed by atoms with E-state index in [9.17, 15) is 4.79 Å². The third kappa shape index (κ3) is 5.35. The molecule has 0 unspecified atom stereocenters. The predicted octanol–water partition coefficient (Wildman–Crippen LogP) is 3.21. The number of thiocarbonyl (C=S) groups is 1. The van der Waals surface area contributed by atoms with Gasteiger partial charge in [-0.1, -0.05) is 12.1 Å². The molecule has 2 aromatic carbocycles. The van der Waals surface area contributed by atoms with Crippen LogP contribution in [0.25, 0.3) is 0 Å². The lowest BCUT2D eigenvalue weighted by Gasteiger charge is -2.14. The molecule has 138 valence electrons. The minimum Gasteiger partial charge on any atom is -0.497 e. The van der Waals surface area contributed by atoms with Gasteiger partial charge in [0.25, 0.3) is 5.91 Å².